The zero-order valence-electron chi connectivity index (χ0n) is 7.88. The number of ether oxygens (including phenoxy) is 1. The molecule has 0 aliphatic carbocycles. The molecule has 0 saturated carbocycles. The fourth-order valence-electron chi connectivity index (χ4n) is 0.935. The molecule has 2 rings (SSSR count). The quantitative estimate of drug-likeness (QED) is 0.718. The molecule has 0 atom stereocenters. The minimum atomic E-state index is -0.522. The zero-order valence-corrected chi connectivity index (χ0v) is 8.69. The Morgan fingerprint density at radius 1 is 1.40 bits per heavy atom. The normalized spacial score (nSPS) is 9.93. The van der Waals surface area contributed by atoms with Crippen molar-refractivity contribution < 1.29 is 9.53 Å². The first-order valence-corrected chi connectivity index (χ1v) is 5.00. The van der Waals surface area contributed by atoms with Gasteiger partial charge in [0.1, 0.15) is 10.7 Å². The lowest BCUT2D eigenvalue weighted by atomic mass is 10.4. The molecule has 0 radical (unpaired) electrons. The maximum Gasteiger partial charge on any atom is 0.364 e. The lowest BCUT2D eigenvalue weighted by molar-refractivity contribution is 0.0727. The Hall–Kier alpha value is -1.82. The van der Waals surface area contributed by atoms with E-state index in [-0.39, 0.29) is 10.9 Å². The second-order valence-electron chi connectivity index (χ2n) is 2.69. The monoisotopic (exact) mass is 221 g/mol. The fourth-order valence-corrected chi connectivity index (χ4v) is 1.47. The maximum absolute atomic E-state index is 11.5. The summed E-state index contributed by atoms with van der Waals surface area (Å²) in [7, 11) is 0. The Balaban J connectivity index is 2.11. The third-order valence-electron chi connectivity index (χ3n) is 1.56. The Kier molecular flexibility index (Phi) is 2.68. The van der Waals surface area contributed by atoms with E-state index in [1.165, 1.54) is 17.5 Å². The SMILES string of the molecule is Cc1nnc(OC(=O)c2ccccn2)s1. The minimum Gasteiger partial charge on any atom is -0.392 e. The topological polar surface area (TPSA) is 65.0 Å². The highest BCUT2D eigenvalue weighted by Crippen LogP contribution is 2.17. The van der Waals surface area contributed by atoms with Crippen molar-refractivity contribution in [3.05, 3.63) is 35.1 Å². The molecular formula is C9H7N3O2S. The molecule has 0 unspecified atom stereocenters. The summed E-state index contributed by atoms with van der Waals surface area (Å²) in [6.07, 6.45) is 1.53. The molecule has 2 aromatic heterocycles. The van der Waals surface area contributed by atoms with Gasteiger partial charge in [-0.2, -0.15) is 0 Å². The summed E-state index contributed by atoms with van der Waals surface area (Å²) in [5.41, 5.74) is 0.255. The van der Waals surface area contributed by atoms with Gasteiger partial charge in [0, 0.05) is 6.20 Å². The van der Waals surface area contributed by atoms with Gasteiger partial charge in [-0.1, -0.05) is 22.5 Å². The van der Waals surface area contributed by atoms with Crippen LogP contribution in [0.1, 0.15) is 15.5 Å². The highest BCUT2D eigenvalue weighted by Gasteiger charge is 2.11. The third-order valence-corrected chi connectivity index (χ3v) is 2.28. The van der Waals surface area contributed by atoms with E-state index in [2.05, 4.69) is 15.2 Å². The average molecular weight is 221 g/mol. The largest absolute Gasteiger partial charge is 0.392 e. The number of carbonyl (C=O) groups excluding carboxylic acids is 1. The van der Waals surface area contributed by atoms with Gasteiger partial charge < -0.3 is 4.74 Å². The number of esters is 1. The molecule has 76 valence electrons. The van der Waals surface area contributed by atoms with E-state index in [0.29, 0.717) is 0 Å². The van der Waals surface area contributed by atoms with Gasteiger partial charge in [0.05, 0.1) is 0 Å². The van der Waals surface area contributed by atoms with Crippen molar-refractivity contribution in [2.75, 3.05) is 0 Å². The molecule has 6 heteroatoms. The molecule has 0 bridgehead atoms. The van der Waals surface area contributed by atoms with Crippen LogP contribution in [0.4, 0.5) is 0 Å². The Morgan fingerprint density at radius 2 is 2.27 bits per heavy atom. The molecule has 0 N–H and O–H groups in total. The first-order chi connectivity index (χ1) is 7.25. The van der Waals surface area contributed by atoms with E-state index >= 15 is 0 Å². The van der Waals surface area contributed by atoms with Crippen LogP contribution in [0.2, 0.25) is 0 Å². The van der Waals surface area contributed by atoms with Crippen LogP contribution in [0, 0.1) is 6.92 Å². The Bertz CT molecular complexity index is 469. The minimum absolute atomic E-state index is 0.239. The first kappa shape index (κ1) is 9.72. The predicted molar refractivity (Wildman–Crippen MR) is 53.8 cm³/mol. The molecule has 0 aromatic carbocycles. The highest BCUT2D eigenvalue weighted by atomic mass is 32.1. The molecule has 2 aromatic rings. The van der Waals surface area contributed by atoms with Crippen LogP contribution >= 0.6 is 11.3 Å². The third kappa shape index (κ3) is 2.35. The Morgan fingerprint density at radius 3 is 2.87 bits per heavy atom. The summed E-state index contributed by atoms with van der Waals surface area (Å²) in [6, 6.07) is 5.02. The summed E-state index contributed by atoms with van der Waals surface area (Å²) in [5.74, 6) is -0.522. The summed E-state index contributed by atoms with van der Waals surface area (Å²) in [5, 5.41) is 8.40. The second kappa shape index (κ2) is 4.14. The molecule has 0 amide bonds. The number of nitrogens with zero attached hydrogens (tertiary/aromatic N) is 3. The smallest absolute Gasteiger partial charge is 0.364 e. The van der Waals surface area contributed by atoms with Crippen molar-refractivity contribution >= 4 is 17.3 Å². The summed E-state index contributed by atoms with van der Waals surface area (Å²) < 4.78 is 4.96. The van der Waals surface area contributed by atoms with Gasteiger partial charge in [-0.3, -0.25) is 0 Å². The first-order valence-electron chi connectivity index (χ1n) is 4.19. The van der Waals surface area contributed by atoms with Crippen molar-refractivity contribution in [2.24, 2.45) is 0 Å². The van der Waals surface area contributed by atoms with Crippen molar-refractivity contribution in [3.8, 4) is 5.19 Å². The molecule has 2 heterocycles. The second-order valence-corrected chi connectivity index (χ2v) is 3.84. The van der Waals surface area contributed by atoms with Crippen molar-refractivity contribution in [1.29, 1.82) is 0 Å². The predicted octanol–water partition coefficient (Wildman–Crippen LogP) is 1.46. The number of pyridine rings is 1. The molecule has 0 aliphatic heterocycles. The summed E-state index contributed by atoms with van der Waals surface area (Å²) in [6.45, 7) is 1.79. The van der Waals surface area contributed by atoms with Gasteiger partial charge in [-0.05, 0) is 19.1 Å². The van der Waals surface area contributed by atoms with Gasteiger partial charge in [0.15, 0.2) is 0 Å². The summed E-state index contributed by atoms with van der Waals surface area (Å²) >= 11 is 1.22. The van der Waals surface area contributed by atoms with Crippen LogP contribution in [0.5, 0.6) is 5.19 Å². The molecule has 0 aliphatic rings. The van der Waals surface area contributed by atoms with Crippen LogP contribution in [0.3, 0.4) is 0 Å². The average Bonchev–Trinajstić information content (AvgIpc) is 2.65. The number of hydrogen-bond acceptors (Lipinski definition) is 6. The molecule has 0 spiro atoms. The molecular weight excluding hydrogens is 214 g/mol. The van der Waals surface area contributed by atoms with Crippen molar-refractivity contribution in [2.45, 2.75) is 6.92 Å². The standard InChI is InChI=1S/C9H7N3O2S/c1-6-11-12-9(15-6)14-8(13)7-4-2-3-5-10-7/h2-5H,1H3. The van der Waals surface area contributed by atoms with Crippen LogP contribution in [-0.4, -0.2) is 21.2 Å². The number of rotatable bonds is 2. The van der Waals surface area contributed by atoms with Crippen molar-refractivity contribution in [1.82, 2.24) is 15.2 Å². The van der Waals surface area contributed by atoms with Crippen LogP contribution in [0.25, 0.3) is 0 Å². The van der Waals surface area contributed by atoms with Gasteiger partial charge in [-0.15, -0.1) is 5.10 Å². The van der Waals surface area contributed by atoms with E-state index in [1.807, 2.05) is 0 Å². The van der Waals surface area contributed by atoms with E-state index in [1.54, 1.807) is 25.1 Å². The molecule has 0 saturated heterocycles. The highest BCUT2D eigenvalue weighted by molar-refractivity contribution is 7.13. The van der Waals surface area contributed by atoms with Crippen LogP contribution in [0.15, 0.2) is 24.4 Å². The zero-order chi connectivity index (χ0) is 10.7. The van der Waals surface area contributed by atoms with Gasteiger partial charge >= 0.3 is 11.2 Å². The van der Waals surface area contributed by atoms with Crippen LogP contribution in [-0.2, 0) is 0 Å². The van der Waals surface area contributed by atoms with Gasteiger partial charge in [0.25, 0.3) is 0 Å². The van der Waals surface area contributed by atoms with E-state index in [0.717, 1.165) is 5.01 Å². The van der Waals surface area contributed by atoms with E-state index in [4.69, 9.17) is 4.74 Å². The van der Waals surface area contributed by atoms with E-state index < -0.39 is 5.97 Å². The lowest BCUT2D eigenvalue weighted by Gasteiger charge is -1.97. The number of aryl methyl sites for hydroxylation is 1. The van der Waals surface area contributed by atoms with Gasteiger partial charge in [-0.25, -0.2) is 9.78 Å². The molecule has 15 heavy (non-hydrogen) atoms. The maximum atomic E-state index is 11.5. The van der Waals surface area contributed by atoms with Crippen molar-refractivity contribution in [3.63, 3.8) is 0 Å². The molecule has 0 fully saturated rings. The fraction of sp³-hybridized carbons (Fsp3) is 0.111. The van der Waals surface area contributed by atoms with Gasteiger partial charge in [0.2, 0.25) is 0 Å². The Labute approximate surface area is 89.8 Å². The number of carbonyl (C=O) groups is 1. The summed E-state index contributed by atoms with van der Waals surface area (Å²) in [4.78, 5) is 15.3. The lowest BCUT2D eigenvalue weighted by Crippen LogP contribution is -2.09. The van der Waals surface area contributed by atoms with E-state index in [9.17, 15) is 4.79 Å². The molecule has 5 nitrogen and oxygen atoms in total. The van der Waals surface area contributed by atoms with Crippen LogP contribution < -0.4 is 4.74 Å². The number of aromatic nitrogens is 3. The number of hydrogen-bond donors (Lipinski definition) is 0.